The second kappa shape index (κ2) is 10.0. The topological polar surface area (TPSA) is 92.0 Å². The summed E-state index contributed by atoms with van der Waals surface area (Å²) in [5.74, 6) is 0.0505. The molecule has 0 aromatic heterocycles. The Balaban J connectivity index is 1.59. The molecule has 36 heavy (non-hydrogen) atoms. The lowest BCUT2D eigenvalue weighted by Gasteiger charge is -2.17. The highest BCUT2D eigenvalue weighted by atomic mass is 32.2. The summed E-state index contributed by atoms with van der Waals surface area (Å²) in [5, 5.41) is 24.0. The van der Waals surface area contributed by atoms with Gasteiger partial charge in [0.2, 0.25) is 0 Å². The average molecular weight is 514 g/mol. The Kier molecular flexibility index (Phi) is 6.63. The van der Waals surface area contributed by atoms with E-state index in [0.29, 0.717) is 34.4 Å². The number of carbonyl (C=O) groups is 1. The molecule has 3 aromatic rings. The van der Waals surface area contributed by atoms with Crippen molar-refractivity contribution < 1.29 is 9.90 Å². The second-order valence-electron chi connectivity index (χ2n) is 8.19. The number of aromatic hydroxyl groups is 1. The quantitative estimate of drug-likeness (QED) is 0.412. The average Bonchev–Trinajstić information content (AvgIpc) is 3.37. The third kappa shape index (κ3) is 4.53. The minimum Gasteiger partial charge on any atom is -0.508 e. The molecule has 1 fully saturated rings. The van der Waals surface area contributed by atoms with Gasteiger partial charge in [-0.15, -0.1) is 0 Å². The maximum Gasteiger partial charge on any atom is 0.269 e. The summed E-state index contributed by atoms with van der Waals surface area (Å²) in [6, 6.07) is 22.5. The predicted molar refractivity (Wildman–Crippen MR) is 146 cm³/mol. The van der Waals surface area contributed by atoms with E-state index in [1.54, 1.807) is 29.2 Å². The Morgan fingerprint density at radius 3 is 2.64 bits per heavy atom. The van der Waals surface area contributed by atoms with Crippen LogP contribution in [-0.4, -0.2) is 34.7 Å². The molecular formula is C27H23N5O2S2. The molecule has 5 rings (SSSR count). The number of amidine groups is 1. The van der Waals surface area contributed by atoms with Crippen LogP contribution in [0.2, 0.25) is 0 Å². The van der Waals surface area contributed by atoms with Crippen LogP contribution in [0.1, 0.15) is 18.1 Å². The molecule has 2 N–H and O–H groups in total. The number of aliphatic imine (C=N–C) groups is 1. The van der Waals surface area contributed by atoms with E-state index in [1.807, 2.05) is 61.3 Å². The molecule has 0 aliphatic carbocycles. The number of phenols is 1. The van der Waals surface area contributed by atoms with Crippen molar-refractivity contribution in [3.63, 3.8) is 0 Å². The molecule has 2 heterocycles. The zero-order valence-corrected chi connectivity index (χ0v) is 21.4. The summed E-state index contributed by atoms with van der Waals surface area (Å²) >= 11 is 2.83. The van der Waals surface area contributed by atoms with Crippen LogP contribution in [0.15, 0.2) is 86.6 Å². The highest BCUT2D eigenvalue weighted by molar-refractivity contribution is 8.19. The van der Waals surface area contributed by atoms with Crippen molar-refractivity contribution in [2.75, 3.05) is 23.8 Å². The van der Waals surface area contributed by atoms with Crippen molar-refractivity contribution >= 4 is 51.7 Å². The van der Waals surface area contributed by atoms with Crippen LogP contribution in [0.3, 0.4) is 0 Å². The van der Waals surface area contributed by atoms with Gasteiger partial charge in [-0.3, -0.25) is 9.69 Å². The largest absolute Gasteiger partial charge is 0.508 e. The van der Waals surface area contributed by atoms with Gasteiger partial charge in [-0.1, -0.05) is 42.1 Å². The molecule has 0 saturated carbocycles. The highest BCUT2D eigenvalue weighted by Gasteiger charge is 2.39. The van der Waals surface area contributed by atoms with Gasteiger partial charge in [-0.25, -0.2) is 4.99 Å². The molecule has 0 unspecified atom stereocenters. The zero-order chi connectivity index (χ0) is 25.2. The number of nitriles is 1. The van der Waals surface area contributed by atoms with Gasteiger partial charge >= 0.3 is 0 Å². The van der Waals surface area contributed by atoms with Gasteiger partial charge in [0, 0.05) is 24.6 Å². The molecule has 1 saturated heterocycles. The Bertz CT molecular complexity index is 1450. The van der Waals surface area contributed by atoms with Crippen molar-refractivity contribution in [2.24, 2.45) is 4.99 Å². The molecular weight excluding hydrogens is 490 g/mol. The third-order valence-electron chi connectivity index (χ3n) is 5.77. The van der Waals surface area contributed by atoms with Crippen LogP contribution in [0.4, 0.5) is 17.1 Å². The summed E-state index contributed by atoms with van der Waals surface area (Å²) in [6.07, 6.45) is 0. The lowest BCUT2D eigenvalue weighted by atomic mass is 10.2. The maximum atomic E-state index is 13.8. The van der Waals surface area contributed by atoms with Gasteiger partial charge in [0.1, 0.15) is 10.7 Å². The standard InChI is InChI=1S/C27H23N5O2S2/c1-3-29-20-11-9-18(15-28)13-21(20)30-27-32(16-17-7-5-4-6-8-17)25(34)24(36-27)26-31(2)22-14-19(33)10-12-23(22)35-26/h4-14,29,33H,3,16H2,1-2H3. The van der Waals surface area contributed by atoms with Crippen molar-refractivity contribution in [1.29, 1.82) is 5.26 Å². The maximum absolute atomic E-state index is 13.8. The predicted octanol–water partition coefficient (Wildman–Crippen LogP) is 5.87. The molecule has 0 radical (unpaired) electrons. The minimum absolute atomic E-state index is 0.129. The summed E-state index contributed by atoms with van der Waals surface area (Å²) in [7, 11) is 1.89. The number of phenolic OH excluding ortho intramolecular Hbond substituents is 1. The number of amides is 1. The zero-order valence-electron chi connectivity index (χ0n) is 19.7. The number of hydrogen-bond donors (Lipinski definition) is 2. The van der Waals surface area contributed by atoms with Crippen molar-refractivity contribution in [2.45, 2.75) is 18.4 Å². The fourth-order valence-electron chi connectivity index (χ4n) is 3.99. The molecule has 1 amide bonds. The summed E-state index contributed by atoms with van der Waals surface area (Å²) < 4.78 is 0. The van der Waals surface area contributed by atoms with Crippen LogP contribution < -0.4 is 10.2 Å². The van der Waals surface area contributed by atoms with Crippen LogP contribution in [0.25, 0.3) is 0 Å². The lowest BCUT2D eigenvalue weighted by Crippen LogP contribution is -2.29. The summed E-state index contributed by atoms with van der Waals surface area (Å²) in [6.45, 7) is 3.07. The number of anilines is 2. The van der Waals surface area contributed by atoms with E-state index in [2.05, 4.69) is 11.4 Å². The smallest absolute Gasteiger partial charge is 0.269 e. The first-order chi connectivity index (χ1) is 17.5. The molecule has 3 aromatic carbocycles. The number of fused-ring (bicyclic) bond motifs is 1. The van der Waals surface area contributed by atoms with Gasteiger partial charge in [0.25, 0.3) is 5.91 Å². The van der Waals surface area contributed by atoms with Gasteiger partial charge in [-0.2, -0.15) is 5.26 Å². The number of rotatable bonds is 5. The molecule has 7 nitrogen and oxygen atoms in total. The van der Waals surface area contributed by atoms with Crippen molar-refractivity contribution in [1.82, 2.24) is 4.90 Å². The van der Waals surface area contributed by atoms with Crippen LogP contribution in [0.5, 0.6) is 5.75 Å². The molecule has 0 bridgehead atoms. The van der Waals surface area contributed by atoms with Gasteiger partial charge in [0.05, 0.1) is 40.3 Å². The first-order valence-electron chi connectivity index (χ1n) is 11.4. The Labute approximate surface area is 218 Å². The van der Waals surface area contributed by atoms with E-state index in [4.69, 9.17) is 4.99 Å². The van der Waals surface area contributed by atoms with Gasteiger partial charge in [0.15, 0.2) is 5.17 Å². The van der Waals surface area contributed by atoms with Crippen molar-refractivity contribution in [3.05, 3.63) is 87.8 Å². The van der Waals surface area contributed by atoms with E-state index >= 15 is 0 Å². The number of nitrogens with one attached hydrogen (secondary N) is 1. The van der Waals surface area contributed by atoms with Crippen molar-refractivity contribution in [3.8, 4) is 11.8 Å². The fraction of sp³-hybridized carbons (Fsp3) is 0.148. The van der Waals surface area contributed by atoms with Crippen LogP contribution in [0, 0.1) is 11.3 Å². The first-order valence-corrected chi connectivity index (χ1v) is 13.0. The minimum atomic E-state index is -0.129. The number of nitrogens with zero attached hydrogens (tertiary/aromatic N) is 4. The normalized spacial score (nSPS) is 18.0. The van der Waals surface area contributed by atoms with E-state index < -0.39 is 0 Å². The van der Waals surface area contributed by atoms with Gasteiger partial charge < -0.3 is 15.3 Å². The molecule has 9 heteroatoms. The van der Waals surface area contributed by atoms with Crippen LogP contribution >= 0.6 is 23.5 Å². The number of hydrogen-bond acceptors (Lipinski definition) is 8. The fourth-order valence-corrected chi connectivity index (χ4v) is 6.31. The molecule has 0 atom stereocenters. The molecule has 0 spiro atoms. The first kappa shape index (κ1) is 23.9. The molecule has 180 valence electrons. The SMILES string of the molecule is CCNc1ccc(C#N)cc1N=C1SC(=C2Sc3ccc(O)cc3N2C)C(=O)N1Cc1ccccc1. The highest BCUT2D eigenvalue weighted by Crippen LogP contribution is 2.51. The monoisotopic (exact) mass is 513 g/mol. The summed E-state index contributed by atoms with van der Waals surface area (Å²) in [4.78, 5) is 23.9. The third-order valence-corrected chi connectivity index (χ3v) is 8.20. The van der Waals surface area contributed by atoms with E-state index in [0.717, 1.165) is 26.9 Å². The van der Waals surface area contributed by atoms with E-state index in [1.165, 1.54) is 23.5 Å². The van der Waals surface area contributed by atoms with Crippen LogP contribution in [-0.2, 0) is 11.3 Å². The van der Waals surface area contributed by atoms with E-state index in [9.17, 15) is 15.2 Å². The Morgan fingerprint density at radius 1 is 1.08 bits per heavy atom. The lowest BCUT2D eigenvalue weighted by molar-refractivity contribution is -0.122. The second-order valence-corrected chi connectivity index (χ2v) is 10.2. The van der Waals surface area contributed by atoms with E-state index in [-0.39, 0.29) is 11.7 Å². The molecule has 2 aliphatic rings. The molecule has 2 aliphatic heterocycles. The van der Waals surface area contributed by atoms with Gasteiger partial charge in [-0.05, 0) is 54.6 Å². The summed E-state index contributed by atoms with van der Waals surface area (Å²) in [5.41, 5.74) is 3.75. The number of thioether (sulfide) groups is 2. The Morgan fingerprint density at radius 2 is 1.89 bits per heavy atom. The number of benzene rings is 3. The Hall–Kier alpha value is -3.87. The number of carbonyl (C=O) groups excluding carboxylic acids is 1.